The van der Waals surface area contributed by atoms with Crippen LogP contribution in [0.4, 0.5) is 0 Å². The molecule has 0 saturated heterocycles. The molecule has 0 aliphatic rings. The zero-order valence-electron chi connectivity index (χ0n) is 20.0. The van der Waals surface area contributed by atoms with E-state index in [2.05, 4.69) is 64.9 Å². The van der Waals surface area contributed by atoms with Crippen molar-refractivity contribution in [3.8, 4) is 11.4 Å². The third-order valence-corrected chi connectivity index (χ3v) is 5.11. The Kier molecular flexibility index (Phi) is 10.7. The molecule has 0 radical (unpaired) electrons. The van der Waals surface area contributed by atoms with Crippen LogP contribution in [0.1, 0.15) is 28.1 Å². The molecule has 0 atom stereocenters. The number of hydrogen-bond acceptors (Lipinski definition) is 4. The number of guanidine groups is 1. The molecule has 8 heteroatoms. The van der Waals surface area contributed by atoms with Crippen molar-refractivity contribution in [2.24, 2.45) is 4.99 Å². The van der Waals surface area contributed by atoms with Gasteiger partial charge in [-0.05, 0) is 50.1 Å². The summed E-state index contributed by atoms with van der Waals surface area (Å²) < 4.78 is 13.0. The molecular formula is C25H34IN5O2. The second kappa shape index (κ2) is 13.2. The standard InChI is InChI=1S/C25H33N5O2.HI/c1-18-10-11-22(24(14-18)32-13-12-31-5)17-28-25(26-4)27-16-21-8-6-7-9-23(21)30-20(3)15-19(2)29-30;/h6-11,14-15H,12-13,16-17H2,1-5H3,(H2,26,27,28);1H. The van der Waals surface area contributed by atoms with Gasteiger partial charge in [0.05, 0.1) is 18.0 Å². The number of ether oxygens (including phenoxy) is 2. The second-order valence-corrected chi connectivity index (χ2v) is 7.70. The second-order valence-electron chi connectivity index (χ2n) is 7.70. The number of aliphatic imine (C=N–C) groups is 1. The first-order chi connectivity index (χ1) is 15.5. The van der Waals surface area contributed by atoms with Gasteiger partial charge in [-0.15, -0.1) is 24.0 Å². The summed E-state index contributed by atoms with van der Waals surface area (Å²) in [4.78, 5) is 4.38. The van der Waals surface area contributed by atoms with Crippen molar-refractivity contribution in [2.75, 3.05) is 27.4 Å². The van der Waals surface area contributed by atoms with E-state index in [0.717, 1.165) is 45.5 Å². The van der Waals surface area contributed by atoms with E-state index in [4.69, 9.17) is 9.47 Å². The Morgan fingerprint density at radius 1 is 0.970 bits per heavy atom. The number of rotatable bonds is 9. The van der Waals surface area contributed by atoms with Gasteiger partial charge in [0.15, 0.2) is 5.96 Å². The third kappa shape index (κ3) is 7.46. The number of methoxy groups -OCH3 is 1. The number of aromatic nitrogens is 2. The highest BCUT2D eigenvalue weighted by atomic mass is 127. The fourth-order valence-corrected chi connectivity index (χ4v) is 3.50. The molecule has 0 saturated carbocycles. The summed E-state index contributed by atoms with van der Waals surface area (Å²) in [5, 5.41) is 11.4. The highest BCUT2D eigenvalue weighted by Crippen LogP contribution is 2.20. The van der Waals surface area contributed by atoms with Gasteiger partial charge in [-0.3, -0.25) is 4.99 Å². The Balaban J connectivity index is 0.00000385. The van der Waals surface area contributed by atoms with Crippen LogP contribution in [0, 0.1) is 20.8 Å². The lowest BCUT2D eigenvalue weighted by Gasteiger charge is -2.17. The summed E-state index contributed by atoms with van der Waals surface area (Å²) in [5.74, 6) is 1.58. The molecule has 0 aliphatic carbocycles. The fourth-order valence-electron chi connectivity index (χ4n) is 3.50. The Morgan fingerprint density at radius 3 is 2.36 bits per heavy atom. The zero-order valence-corrected chi connectivity index (χ0v) is 22.3. The summed E-state index contributed by atoms with van der Waals surface area (Å²) in [5.41, 5.74) is 6.54. The van der Waals surface area contributed by atoms with Crippen LogP contribution in [0.5, 0.6) is 5.75 Å². The number of hydrogen-bond donors (Lipinski definition) is 2. The van der Waals surface area contributed by atoms with E-state index in [-0.39, 0.29) is 24.0 Å². The van der Waals surface area contributed by atoms with Gasteiger partial charge in [-0.25, -0.2) is 4.68 Å². The zero-order chi connectivity index (χ0) is 22.9. The van der Waals surface area contributed by atoms with E-state index in [1.54, 1.807) is 14.2 Å². The first-order valence-corrected chi connectivity index (χ1v) is 10.8. The van der Waals surface area contributed by atoms with Gasteiger partial charge in [0, 0.05) is 38.5 Å². The molecule has 3 rings (SSSR count). The van der Waals surface area contributed by atoms with Crippen LogP contribution >= 0.6 is 24.0 Å². The summed E-state index contributed by atoms with van der Waals surface area (Å²) >= 11 is 0. The molecule has 0 fully saturated rings. The number of halogens is 1. The molecule has 2 aromatic carbocycles. The highest BCUT2D eigenvalue weighted by molar-refractivity contribution is 14.0. The maximum atomic E-state index is 5.90. The number of para-hydroxylation sites is 1. The molecule has 33 heavy (non-hydrogen) atoms. The van der Waals surface area contributed by atoms with E-state index in [9.17, 15) is 0 Å². The molecule has 178 valence electrons. The molecule has 1 aromatic heterocycles. The Bertz CT molecular complexity index is 1060. The highest BCUT2D eigenvalue weighted by Gasteiger charge is 2.10. The van der Waals surface area contributed by atoms with Crippen molar-refractivity contribution < 1.29 is 9.47 Å². The van der Waals surface area contributed by atoms with Crippen molar-refractivity contribution in [3.05, 3.63) is 76.6 Å². The maximum Gasteiger partial charge on any atom is 0.191 e. The lowest BCUT2D eigenvalue weighted by Crippen LogP contribution is -2.36. The predicted octanol–water partition coefficient (Wildman–Crippen LogP) is 4.31. The topological polar surface area (TPSA) is 72.7 Å². The predicted molar refractivity (Wildman–Crippen MR) is 144 cm³/mol. The first kappa shape index (κ1) is 26.7. The Hall–Kier alpha value is -2.59. The van der Waals surface area contributed by atoms with Crippen LogP contribution in [0.3, 0.4) is 0 Å². The summed E-state index contributed by atoms with van der Waals surface area (Å²) in [6.07, 6.45) is 0. The minimum Gasteiger partial charge on any atom is -0.491 e. The SMILES string of the molecule is CN=C(NCc1ccc(C)cc1OCCOC)NCc1ccccc1-n1nc(C)cc1C.I. The quantitative estimate of drug-likeness (QED) is 0.176. The van der Waals surface area contributed by atoms with Gasteiger partial charge in [0.1, 0.15) is 12.4 Å². The normalized spacial score (nSPS) is 11.1. The Morgan fingerprint density at radius 2 is 1.70 bits per heavy atom. The van der Waals surface area contributed by atoms with Crippen molar-refractivity contribution >= 4 is 29.9 Å². The van der Waals surface area contributed by atoms with Crippen LogP contribution < -0.4 is 15.4 Å². The van der Waals surface area contributed by atoms with Crippen LogP contribution in [0.2, 0.25) is 0 Å². The van der Waals surface area contributed by atoms with Crippen molar-refractivity contribution in [1.82, 2.24) is 20.4 Å². The third-order valence-electron chi connectivity index (χ3n) is 5.11. The van der Waals surface area contributed by atoms with Crippen LogP contribution in [-0.2, 0) is 17.8 Å². The van der Waals surface area contributed by atoms with Crippen LogP contribution in [-0.4, -0.2) is 43.1 Å². The van der Waals surface area contributed by atoms with Crippen LogP contribution in [0.15, 0.2) is 53.5 Å². The van der Waals surface area contributed by atoms with Crippen molar-refractivity contribution in [2.45, 2.75) is 33.9 Å². The summed E-state index contributed by atoms with van der Waals surface area (Å²) in [6.45, 7) is 8.43. The molecule has 7 nitrogen and oxygen atoms in total. The lowest BCUT2D eigenvalue weighted by molar-refractivity contribution is 0.145. The van der Waals surface area contributed by atoms with Crippen LogP contribution in [0.25, 0.3) is 5.69 Å². The summed E-state index contributed by atoms with van der Waals surface area (Å²) in [7, 11) is 3.44. The van der Waals surface area contributed by atoms with Gasteiger partial charge in [-0.2, -0.15) is 5.10 Å². The van der Waals surface area contributed by atoms with Gasteiger partial charge < -0.3 is 20.1 Å². The molecule has 0 unspecified atom stereocenters. The average Bonchev–Trinajstić information content (AvgIpc) is 3.13. The van der Waals surface area contributed by atoms with E-state index >= 15 is 0 Å². The fraction of sp³-hybridized carbons (Fsp3) is 0.360. The van der Waals surface area contributed by atoms with Gasteiger partial charge in [0.25, 0.3) is 0 Å². The number of benzene rings is 2. The molecule has 3 aromatic rings. The molecule has 1 heterocycles. The molecule has 0 bridgehead atoms. The number of nitrogens with one attached hydrogen (secondary N) is 2. The average molecular weight is 563 g/mol. The largest absolute Gasteiger partial charge is 0.491 e. The Labute approximate surface area is 213 Å². The van der Waals surface area contributed by atoms with Gasteiger partial charge in [0.2, 0.25) is 0 Å². The molecule has 0 spiro atoms. The molecule has 0 aliphatic heterocycles. The van der Waals surface area contributed by atoms with Gasteiger partial charge >= 0.3 is 0 Å². The summed E-state index contributed by atoms with van der Waals surface area (Å²) in [6, 6.07) is 16.6. The number of nitrogens with zero attached hydrogens (tertiary/aromatic N) is 3. The number of aryl methyl sites for hydroxylation is 3. The van der Waals surface area contributed by atoms with Crippen molar-refractivity contribution in [1.29, 1.82) is 0 Å². The first-order valence-electron chi connectivity index (χ1n) is 10.8. The van der Waals surface area contributed by atoms with E-state index in [0.29, 0.717) is 26.3 Å². The van der Waals surface area contributed by atoms with Gasteiger partial charge in [-0.1, -0.05) is 30.3 Å². The molecule has 2 N–H and O–H groups in total. The smallest absolute Gasteiger partial charge is 0.191 e. The molecular weight excluding hydrogens is 529 g/mol. The minimum absolute atomic E-state index is 0. The van der Waals surface area contributed by atoms with Crippen molar-refractivity contribution in [3.63, 3.8) is 0 Å². The minimum atomic E-state index is 0. The van der Waals surface area contributed by atoms with E-state index < -0.39 is 0 Å². The van der Waals surface area contributed by atoms with E-state index in [1.165, 1.54) is 0 Å². The molecule has 0 amide bonds. The maximum absolute atomic E-state index is 5.90. The van der Waals surface area contributed by atoms with E-state index in [1.807, 2.05) is 29.8 Å². The monoisotopic (exact) mass is 563 g/mol. The lowest BCUT2D eigenvalue weighted by atomic mass is 10.1.